The molecule has 1 fully saturated rings. The highest BCUT2D eigenvalue weighted by Gasteiger charge is 2.29. The van der Waals surface area contributed by atoms with E-state index in [9.17, 15) is 8.42 Å². The Morgan fingerprint density at radius 2 is 2.21 bits per heavy atom. The number of aromatic nitrogens is 1. The largest absolute Gasteiger partial charge is 0.261 e. The van der Waals surface area contributed by atoms with Crippen LogP contribution in [0.2, 0.25) is 0 Å². The summed E-state index contributed by atoms with van der Waals surface area (Å²) in [4.78, 5) is 4.14. The molecule has 1 aromatic rings. The van der Waals surface area contributed by atoms with Gasteiger partial charge in [0.2, 0.25) is 10.0 Å². The van der Waals surface area contributed by atoms with Crippen LogP contribution in [0.5, 0.6) is 0 Å². The van der Waals surface area contributed by atoms with E-state index in [2.05, 4.69) is 10.9 Å². The van der Waals surface area contributed by atoms with Crippen molar-refractivity contribution >= 4 is 10.0 Å². The number of pyridine rings is 1. The lowest BCUT2D eigenvalue weighted by atomic mass is 10.3. The molecule has 1 aliphatic rings. The van der Waals surface area contributed by atoms with Gasteiger partial charge in [0.1, 0.15) is 0 Å². The number of aryl methyl sites for hydroxylation is 1. The van der Waals surface area contributed by atoms with Gasteiger partial charge in [-0.1, -0.05) is 12.0 Å². The fraction of sp³-hybridized carbons (Fsp3) is 0.500. The summed E-state index contributed by atoms with van der Waals surface area (Å²) in [5, 5.41) is 0. The average molecular weight is 278 g/mol. The first-order valence-electron chi connectivity index (χ1n) is 6.43. The van der Waals surface area contributed by atoms with Crippen LogP contribution in [0.4, 0.5) is 0 Å². The van der Waals surface area contributed by atoms with Gasteiger partial charge in [0.15, 0.2) is 0 Å². The smallest absolute Gasteiger partial charge is 0.215 e. The summed E-state index contributed by atoms with van der Waals surface area (Å²) in [5.41, 5.74) is 0.790. The van der Waals surface area contributed by atoms with Gasteiger partial charge < -0.3 is 0 Å². The molecule has 1 saturated carbocycles. The molecular weight excluding hydrogens is 260 g/mol. The molecule has 1 aromatic heterocycles. The number of hydrogen-bond donors (Lipinski definition) is 0. The molecule has 0 N–H and O–H groups in total. The van der Waals surface area contributed by atoms with Crippen LogP contribution >= 0.6 is 0 Å². The zero-order valence-electron chi connectivity index (χ0n) is 10.8. The van der Waals surface area contributed by atoms with Crippen molar-refractivity contribution in [2.75, 3.05) is 18.8 Å². The van der Waals surface area contributed by atoms with Crippen molar-refractivity contribution in [2.24, 2.45) is 5.92 Å². The van der Waals surface area contributed by atoms with Crippen molar-refractivity contribution in [1.82, 2.24) is 9.29 Å². The highest BCUT2D eigenvalue weighted by molar-refractivity contribution is 7.89. The summed E-state index contributed by atoms with van der Waals surface area (Å²) in [6.07, 6.45) is 9.57. The van der Waals surface area contributed by atoms with Crippen molar-refractivity contribution in [1.29, 1.82) is 0 Å². The molecule has 0 aliphatic heterocycles. The van der Waals surface area contributed by atoms with Crippen molar-refractivity contribution < 1.29 is 8.42 Å². The topological polar surface area (TPSA) is 50.3 Å². The highest BCUT2D eigenvalue weighted by Crippen LogP contribution is 2.30. The van der Waals surface area contributed by atoms with Crippen LogP contribution in [-0.4, -0.2) is 36.5 Å². The number of sulfonamides is 1. The van der Waals surface area contributed by atoms with E-state index in [0.717, 1.165) is 18.5 Å². The van der Waals surface area contributed by atoms with Gasteiger partial charge in [-0.05, 0) is 30.9 Å². The van der Waals surface area contributed by atoms with E-state index in [4.69, 9.17) is 6.42 Å². The molecule has 19 heavy (non-hydrogen) atoms. The molecule has 0 atom stereocenters. The second-order valence-corrected chi connectivity index (χ2v) is 6.92. The normalized spacial score (nSPS) is 15.4. The maximum atomic E-state index is 12.3. The van der Waals surface area contributed by atoms with Gasteiger partial charge in [-0.2, -0.15) is 4.31 Å². The summed E-state index contributed by atoms with van der Waals surface area (Å²) >= 11 is 0. The third-order valence-electron chi connectivity index (χ3n) is 3.16. The third-order valence-corrected chi connectivity index (χ3v) is 4.95. The van der Waals surface area contributed by atoms with Crippen molar-refractivity contribution in [3.05, 3.63) is 30.1 Å². The zero-order valence-corrected chi connectivity index (χ0v) is 11.6. The fourth-order valence-corrected chi connectivity index (χ4v) is 3.31. The van der Waals surface area contributed by atoms with Crippen molar-refractivity contribution in [3.8, 4) is 12.3 Å². The number of hydrogen-bond acceptors (Lipinski definition) is 3. The fourth-order valence-electron chi connectivity index (χ4n) is 1.88. The Bertz CT molecular complexity index is 545. The summed E-state index contributed by atoms with van der Waals surface area (Å²) in [6.45, 7) is 0.732. The molecule has 0 aromatic carbocycles. The Kier molecular flexibility index (Phi) is 4.56. The van der Waals surface area contributed by atoms with Gasteiger partial charge in [0.05, 0.1) is 12.3 Å². The number of rotatable bonds is 7. The summed E-state index contributed by atoms with van der Waals surface area (Å²) in [5.74, 6) is 3.00. The minimum Gasteiger partial charge on any atom is -0.261 e. The first kappa shape index (κ1) is 14.0. The van der Waals surface area contributed by atoms with Crippen LogP contribution < -0.4 is 0 Å². The second-order valence-electron chi connectivity index (χ2n) is 4.83. The van der Waals surface area contributed by atoms with E-state index < -0.39 is 10.0 Å². The van der Waals surface area contributed by atoms with Crippen LogP contribution in [0.3, 0.4) is 0 Å². The predicted octanol–water partition coefficient (Wildman–Crippen LogP) is 1.30. The molecule has 2 rings (SSSR count). The van der Waals surface area contributed by atoms with Crippen LogP contribution in [0.1, 0.15) is 18.5 Å². The minimum atomic E-state index is -3.29. The standard InChI is InChI=1S/C14H18N2O2S/c1-2-10-16(12-13-6-7-13)19(17,18)11-8-14-5-3-4-9-15-14/h1,3-5,9,13H,6-8,10-12H2. The van der Waals surface area contributed by atoms with Crippen LogP contribution in [0, 0.1) is 18.3 Å². The van der Waals surface area contributed by atoms with Gasteiger partial charge in [-0.3, -0.25) is 4.98 Å². The van der Waals surface area contributed by atoms with Gasteiger partial charge in [0, 0.05) is 24.9 Å². The molecule has 1 heterocycles. The van der Waals surface area contributed by atoms with E-state index in [1.165, 1.54) is 4.31 Å². The molecular formula is C14H18N2O2S. The highest BCUT2D eigenvalue weighted by atomic mass is 32.2. The Labute approximate surface area is 114 Å². The first-order valence-corrected chi connectivity index (χ1v) is 8.04. The number of terminal acetylenes is 1. The molecule has 5 heteroatoms. The number of nitrogens with zero attached hydrogens (tertiary/aromatic N) is 2. The van der Waals surface area contributed by atoms with Gasteiger partial charge in [-0.15, -0.1) is 6.42 Å². The van der Waals surface area contributed by atoms with E-state index in [1.807, 2.05) is 18.2 Å². The first-order chi connectivity index (χ1) is 9.12. The molecule has 0 amide bonds. The Hall–Kier alpha value is -1.38. The lowest BCUT2D eigenvalue weighted by Crippen LogP contribution is -2.35. The maximum absolute atomic E-state index is 12.3. The molecule has 0 unspecified atom stereocenters. The lowest BCUT2D eigenvalue weighted by molar-refractivity contribution is 0.430. The predicted molar refractivity (Wildman–Crippen MR) is 74.9 cm³/mol. The van der Waals surface area contributed by atoms with Gasteiger partial charge in [-0.25, -0.2) is 8.42 Å². The van der Waals surface area contributed by atoms with Gasteiger partial charge >= 0.3 is 0 Å². The Morgan fingerprint density at radius 1 is 1.42 bits per heavy atom. The molecule has 0 saturated heterocycles. The third kappa shape index (κ3) is 4.34. The Morgan fingerprint density at radius 3 is 2.79 bits per heavy atom. The van der Waals surface area contributed by atoms with E-state index in [-0.39, 0.29) is 12.3 Å². The lowest BCUT2D eigenvalue weighted by Gasteiger charge is -2.19. The quantitative estimate of drug-likeness (QED) is 0.706. The molecule has 0 spiro atoms. The van der Waals surface area contributed by atoms with Crippen molar-refractivity contribution in [2.45, 2.75) is 19.3 Å². The molecule has 102 valence electrons. The van der Waals surface area contributed by atoms with Crippen LogP contribution in [0.25, 0.3) is 0 Å². The molecule has 4 nitrogen and oxygen atoms in total. The SMILES string of the molecule is C#CCN(CC1CC1)S(=O)(=O)CCc1ccccn1. The summed E-state index contributed by atoms with van der Waals surface area (Å²) < 4.78 is 26.0. The van der Waals surface area contributed by atoms with Crippen LogP contribution in [0.15, 0.2) is 24.4 Å². The second kappa shape index (κ2) is 6.18. The summed E-state index contributed by atoms with van der Waals surface area (Å²) in [7, 11) is -3.29. The minimum absolute atomic E-state index is 0.0679. The summed E-state index contributed by atoms with van der Waals surface area (Å²) in [6, 6.07) is 5.51. The molecule has 0 bridgehead atoms. The van der Waals surface area contributed by atoms with Gasteiger partial charge in [0.25, 0.3) is 0 Å². The zero-order chi connectivity index (χ0) is 13.7. The average Bonchev–Trinajstić information content (AvgIpc) is 3.21. The van der Waals surface area contributed by atoms with E-state index >= 15 is 0 Å². The molecule has 1 aliphatic carbocycles. The maximum Gasteiger partial charge on any atom is 0.215 e. The van der Waals surface area contributed by atoms with E-state index in [0.29, 0.717) is 18.9 Å². The molecule has 0 radical (unpaired) electrons. The van der Waals surface area contributed by atoms with E-state index in [1.54, 1.807) is 6.20 Å². The van der Waals surface area contributed by atoms with Crippen LogP contribution in [-0.2, 0) is 16.4 Å². The monoisotopic (exact) mass is 278 g/mol. The van der Waals surface area contributed by atoms with Crippen molar-refractivity contribution in [3.63, 3.8) is 0 Å². The Balaban J connectivity index is 1.96.